The molecule has 0 saturated heterocycles. The highest BCUT2D eigenvalue weighted by atomic mass is 16.6. The third kappa shape index (κ3) is 4.54. The van der Waals surface area contributed by atoms with E-state index in [1.165, 1.54) is 19.1 Å². The summed E-state index contributed by atoms with van der Waals surface area (Å²) in [6.45, 7) is 3.28. The summed E-state index contributed by atoms with van der Waals surface area (Å²) >= 11 is 0. The molecule has 0 spiro atoms. The van der Waals surface area contributed by atoms with Gasteiger partial charge >= 0.3 is 5.97 Å². The number of non-ortho nitro benzene ring substituents is 1. The highest BCUT2D eigenvalue weighted by molar-refractivity contribution is 5.99. The van der Waals surface area contributed by atoms with Gasteiger partial charge in [-0.05, 0) is 37.6 Å². The smallest absolute Gasteiger partial charge is 0.341 e. The van der Waals surface area contributed by atoms with Crippen molar-refractivity contribution in [3.05, 3.63) is 63.7 Å². The Morgan fingerprint density at radius 1 is 1.24 bits per heavy atom. The molecule has 1 atom stereocenters. The summed E-state index contributed by atoms with van der Waals surface area (Å²) in [5.74, 6) is -1.43. The van der Waals surface area contributed by atoms with Crippen LogP contribution in [-0.2, 0) is 9.53 Å². The first kappa shape index (κ1) is 17.9. The van der Waals surface area contributed by atoms with Gasteiger partial charge < -0.3 is 15.8 Å². The molecule has 0 aliphatic rings. The maximum absolute atomic E-state index is 12.2. The second kappa shape index (κ2) is 7.43. The topological polar surface area (TPSA) is 125 Å². The molecule has 8 nitrogen and oxygen atoms in total. The molecule has 0 aliphatic heterocycles. The highest BCUT2D eigenvalue weighted by Gasteiger charge is 2.22. The van der Waals surface area contributed by atoms with Crippen LogP contribution in [0, 0.1) is 17.0 Å². The number of ether oxygens (including phenoxy) is 1. The van der Waals surface area contributed by atoms with Gasteiger partial charge in [-0.15, -0.1) is 0 Å². The van der Waals surface area contributed by atoms with Gasteiger partial charge in [-0.25, -0.2) is 4.79 Å². The van der Waals surface area contributed by atoms with E-state index >= 15 is 0 Å². The summed E-state index contributed by atoms with van der Waals surface area (Å²) in [7, 11) is 0. The Kier molecular flexibility index (Phi) is 5.33. The van der Waals surface area contributed by atoms with Crippen molar-refractivity contribution in [2.45, 2.75) is 20.0 Å². The molecule has 25 heavy (non-hydrogen) atoms. The summed E-state index contributed by atoms with van der Waals surface area (Å²) in [6, 6.07) is 10.6. The Morgan fingerprint density at radius 3 is 2.60 bits per heavy atom. The number of hydrogen-bond acceptors (Lipinski definition) is 6. The number of nitro groups is 1. The van der Waals surface area contributed by atoms with Crippen molar-refractivity contribution in [2.24, 2.45) is 0 Å². The monoisotopic (exact) mass is 343 g/mol. The van der Waals surface area contributed by atoms with Crippen LogP contribution in [0.1, 0.15) is 22.8 Å². The lowest BCUT2D eigenvalue weighted by molar-refractivity contribution is -0.384. The lowest BCUT2D eigenvalue weighted by Gasteiger charge is -2.14. The van der Waals surface area contributed by atoms with Crippen LogP contribution in [0.3, 0.4) is 0 Å². The highest BCUT2D eigenvalue weighted by Crippen LogP contribution is 2.21. The summed E-state index contributed by atoms with van der Waals surface area (Å²) in [5.41, 5.74) is 6.77. The molecular formula is C17H17N3O5. The number of nitrogens with one attached hydrogen (secondary N) is 1. The first-order chi connectivity index (χ1) is 11.8. The van der Waals surface area contributed by atoms with Gasteiger partial charge in [0.1, 0.15) is 0 Å². The number of benzene rings is 2. The van der Waals surface area contributed by atoms with E-state index in [2.05, 4.69) is 5.32 Å². The number of nitrogens with two attached hydrogens (primary N) is 1. The Bertz CT molecular complexity index is 835. The molecule has 0 aliphatic carbocycles. The van der Waals surface area contributed by atoms with Crippen LogP contribution >= 0.6 is 0 Å². The summed E-state index contributed by atoms with van der Waals surface area (Å²) < 4.78 is 5.06. The van der Waals surface area contributed by atoms with E-state index in [-0.39, 0.29) is 16.9 Å². The van der Waals surface area contributed by atoms with Crippen LogP contribution in [0.4, 0.5) is 17.1 Å². The van der Waals surface area contributed by atoms with Crippen molar-refractivity contribution >= 4 is 28.9 Å². The fraction of sp³-hybridized carbons (Fsp3) is 0.176. The van der Waals surface area contributed by atoms with E-state index in [4.69, 9.17) is 10.5 Å². The summed E-state index contributed by atoms with van der Waals surface area (Å²) in [6.07, 6.45) is -1.10. The number of carbonyl (C=O) groups is 2. The average Bonchev–Trinajstić information content (AvgIpc) is 2.54. The number of nitrogen functional groups attached to an aromatic ring is 1. The molecule has 8 heteroatoms. The van der Waals surface area contributed by atoms with Crippen LogP contribution in [0.15, 0.2) is 42.5 Å². The molecule has 0 fully saturated rings. The number of anilines is 2. The molecule has 0 aromatic heterocycles. The minimum atomic E-state index is -1.10. The second-order valence-electron chi connectivity index (χ2n) is 5.43. The lowest BCUT2D eigenvalue weighted by Crippen LogP contribution is -2.30. The van der Waals surface area contributed by atoms with Gasteiger partial charge in [-0.2, -0.15) is 0 Å². The zero-order valence-corrected chi connectivity index (χ0v) is 13.7. The van der Waals surface area contributed by atoms with E-state index in [0.29, 0.717) is 5.69 Å². The zero-order chi connectivity index (χ0) is 18.6. The third-order valence-corrected chi connectivity index (χ3v) is 3.41. The van der Waals surface area contributed by atoms with Gasteiger partial charge in [0, 0.05) is 23.5 Å². The Hall–Kier alpha value is -3.42. The van der Waals surface area contributed by atoms with Crippen molar-refractivity contribution in [1.29, 1.82) is 0 Å². The maximum Gasteiger partial charge on any atom is 0.341 e. The Labute approximate surface area is 143 Å². The van der Waals surface area contributed by atoms with Crippen LogP contribution in [-0.4, -0.2) is 22.9 Å². The molecule has 2 aromatic carbocycles. The fourth-order valence-electron chi connectivity index (χ4n) is 2.08. The normalized spacial score (nSPS) is 11.4. The van der Waals surface area contributed by atoms with E-state index in [1.807, 2.05) is 13.0 Å². The Morgan fingerprint density at radius 2 is 1.96 bits per heavy atom. The SMILES string of the molecule is Cc1cccc(NC(=O)C(C)OC(=O)c2cc([N+](=O)[O-])ccc2N)c1. The van der Waals surface area contributed by atoms with E-state index in [9.17, 15) is 19.7 Å². The molecule has 0 radical (unpaired) electrons. The number of amides is 1. The number of aryl methyl sites for hydroxylation is 1. The molecule has 1 amide bonds. The van der Waals surface area contributed by atoms with Crippen LogP contribution < -0.4 is 11.1 Å². The zero-order valence-electron chi connectivity index (χ0n) is 13.7. The standard InChI is InChI=1S/C17H17N3O5/c1-10-4-3-5-12(8-10)19-16(21)11(2)25-17(22)14-9-13(20(23)24)6-7-15(14)18/h3-9,11H,18H2,1-2H3,(H,19,21). The van der Waals surface area contributed by atoms with Gasteiger partial charge in [0.05, 0.1) is 10.5 Å². The van der Waals surface area contributed by atoms with Crippen LogP contribution in [0.5, 0.6) is 0 Å². The molecule has 0 bridgehead atoms. The van der Waals surface area contributed by atoms with Gasteiger partial charge in [0.2, 0.25) is 0 Å². The first-order valence-electron chi connectivity index (χ1n) is 7.40. The average molecular weight is 343 g/mol. The van der Waals surface area contributed by atoms with Crippen LogP contribution in [0.2, 0.25) is 0 Å². The van der Waals surface area contributed by atoms with Gasteiger partial charge in [0.15, 0.2) is 6.10 Å². The number of carbonyl (C=O) groups excluding carboxylic acids is 2. The molecule has 130 valence electrons. The predicted molar refractivity (Wildman–Crippen MR) is 92.2 cm³/mol. The van der Waals surface area contributed by atoms with Gasteiger partial charge in [-0.1, -0.05) is 12.1 Å². The van der Waals surface area contributed by atoms with Crippen LogP contribution in [0.25, 0.3) is 0 Å². The molecule has 0 saturated carbocycles. The summed E-state index contributed by atoms with van der Waals surface area (Å²) in [5, 5.41) is 13.4. The minimum absolute atomic E-state index is 0.0295. The van der Waals surface area contributed by atoms with Crippen molar-refractivity contribution in [1.82, 2.24) is 0 Å². The third-order valence-electron chi connectivity index (χ3n) is 3.41. The van der Waals surface area contributed by atoms with Crippen molar-refractivity contribution in [3.63, 3.8) is 0 Å². The largest absolute Gasteiger partial charge is 0.449 e. The number of nitro benzene ring substituents is 1. The first-order valence-corrected chi connectivity index (χ1v) is 7.40. The molecular weight excluding hydrogens is 326 g/mol. The number of esters is 1. The number of hydrogen-bond donors (Lipinski definition) is 2. The van der Waals surface area contributed by atoms with Gasteiger partial charge in [0.25, 0.3) is 11.6 Å². The summed E-state index contributed by atoms with van der Waals surface area (Å²) in [4.78, 5) is 34.4. The second-order valence-corrected chi connectivity index (χ2v) is 5.43. The fourth-order valence-corrected chi connectivity index (χ4v) is 2.08. The quantitative estimate of drug-likeness (QED) is 0.372. The van der Waals surface area contributed by atoms with E-state index < -0.39 is 22.9 Å². The lowest BCUT2D eigenvalue weighted by atomic mass is 10.1. The van der Waals surface area contributed by atoms with Crippen molar-refractivity contribution in [2.75, 3.05) is 11.1 Å². The predicted octanol–water partition coefficient (Wildman–Crippen LogP) is 2.67. The van der Waals surface area contributed by atoms with Crippen molar-refractivity contribution < 1.29 is 19.2 Å². The molecule has 2 rings (SSSR count). The molecule has 3 N–H and O–H groups in total. The van der Waals surface area contributed by atoms with E-state index in [0.717, 1.165) is 11.6 Å². The number of nitrogens with zero attached hydrogens (tertiary/aromatic N) is 1. The Balaban J connectivity index is 2.08. The van der Waals surface area contributed by atoms with Gasteiger partial charge in [-0.3, -0.25) is 14.9 Å². The minimum Gasteiger partial charge on any atom is -0.449 e. The molecule has 1 unspecified atom stereocenters. The molecule has 2 aromatic rings. The van der Waals surface area contributed by atoms with Crippen molar-refractivity contribution in [3.8, 4) is 0 Å². The molecule has 0 heterocycles. The maximum atomic E-state index is 12.2. The number of rotatable bonds is 5. The van der Waals surface area contributed by atoms with E-state index in [1.54, 1.807) is 18.2 Å².